The standard InChI is InChI=1S/C12H12N2O6/c1-2-19-11(15)10-9(13-12(16)20-10)7-3-5-8(6-4-7)14(17)18/h3-6,9-10H,2H2,1H3,(H,13,16). The largest absolute Gasteiger partial charge is 0.463 e. The van der Waals surface area contributed by atoms with Crippen molar-refractivity contribution in [3.05, 3.63) is 39.9 Å². The molecule has 1 aliphatic heterocycles. The van der Waals surface area contributed by atoms with Gasteiger partial charge < -0.3 is 14.8 Å². The van der Waals surface area contributed by atoms with E-state index < -0.39 is 29.1 Å². The normalized spacial score (nSPS) is 20.9. The minimum Gasteiger partial charge on any atom is -0.463 e. The average Bonchev–Trinajstić information content (AvgIpc) is 2.81. The summed E-state index contributed by atoms with van der Waals surface area (Å²) < 4.78 is 9.69. The summed E-state index contributed by atoms with van der Waals surface area (Å²) in [7, 11) is 0. The van der Waals surface area contributed by atoms with Gasteiger partial charge in [-0.1, -0.05) is 0 Å². The smallest absolute Gasteiger partial charge is 0.408 e. The molecule has 1 fully saturated rings. The van der Waals surface area contributed by atoms with Crippen LogP contribution in [0.2, 0.25) is 0 Å². The molecular formula is C12H12N2O6. The van der Waals surface area contributed by atoms with Crippen LogP contribution in [-0.2, 0) is 14.3 Å². The van der Waals surface area contributed by atoms with Crippen LogP contribution >= 0.6 is 0 Å². The van der Waals surface area contributed by atoms with Crippen molar-refractivity contribution in [1.82, 2.24) is 5.32 Å². The second kappa shape index (κ2) is 5.55. The number of carbonyl (C=O) groups excluding carboxylic acids is 2. The van der Waals surface area contributed by atoms with Crippen LogP contribution in [0, 0.1) is 10.1 Å². The van der Waals surface area contributed by atoms with Crippen LogP contribution < -0.4 is 5.32 Å². The van der Waals surface area contributed by atoms with E-state index in [1.54, 1.807) is 6.92 Å². The van der Waals surface area contributed by atoms with Crippen LogP contribution in [0.15, 0.2) is 24.3 Å². The summed E-state index contributed by atoms with van der Waals surface area (Å²) in [6, 6.07) is 4.79. The van der Waals surface area contributed by atoms with E-state index in [0.717, 1.165) is 0 Å². The number of nitrogens with zero attached hydrogens (tertiary/aromatic N) is 1. The molecule has 0 saturated carbocycles. The Bertz CT molecular complexity index is 541. The van der Waals surface area contributed by atoms with E-state index >= 15 is 0 Å². The van der Waals surface area contributed by atoms with Gasteiger partial charge in [0.2, 0.25) is 6.10 Å². The molecule has 0 spiro atoms. The number of benzene rings is 1. The Morgan fingerprint density at radius 1 is 1.45 bits per heavy atom. The Hall–Kier alpha value is -2.64. The monoisotopic (exact) mass is 280 g/mol. The highest BCUT2D eigenvalue weighted by Gasteiger charge is 2.41. The van der Waals surface area contributed by atoms with Crippen molar-refractivity contribution in [3.8, 4) is 0 Å². The first kappa shape index (κ1) is 13.8. The number of nitro benzene ring substituents is 1. The number of non-ortho nitro benzene ring substituents is 1. The lowest BCUT2D eigenvalue weighted by molar-refractivity contribution is -0.384. The number of cyclic esters (lactones) is 1. The van der Waals surface area contributed by atoms with Crippen molar-refractivity contribution in [2.24, 2.45) is 0 Å². The van der Waals surface area contributed by atoms with Crippen molar-refractivity contribution in [2.75, 3.05) is 6.61 Å². The molecule has 1 amide bonds. The van der Waals surface area contributed by atoms with Gasteiger partial charge in [0, 0.05) is 12.1 Å². The number of hydrogen-bond donors (Lipinski definition) is 1. The first-order valence-corrected chi connectivity index (χ1v) is 5.91. The van der Waals surface area contributed by atoms with Gasteiger partial charge in [0.25, 0.3) is 5.69 Å². The molecule has 8 heteroatoms. The summed E-state index contributed by atoms with van der Waals surface area (Å²) in [6.07, 6.45) is -1.82. The van der Waals surface area contributed by atoms with Crippen LogP contribution in [0.3, 0.4) is 0 Å². The first-order valence-electron chi connectivity index (χ1n) is 5.91. The molecule has 20 heavy (non-hydrogen) atoms. The van der Waals surface area contributed by atoms with Gasteiger partial charge in [0.1, 0.15) is 6.04 Å². The van der Waals surface area contributed by atoms with E-state index in [-0.39, 0.29) is 12.3 Å². The summed E-state index contributed by atoms with van der Waals surface area (Å²) >= 11 is 0. The van der Waals surface area contributed by atoms with Crippen LogP contribution in [0.5, 0.6) is 0 Å². The Balaban J connectivity index is 2.22. The lowest BCUT2D eigenvalue weighted by atomic mass is 10.0. The zero-order valence-electron chi connectivity index (χ0n) is 10.6. The molecule has 1 heterocycles. The minimum absolute atomic E-state index is 0.0772. The summed E-state index contributed by atoms with van der Waals surface area (Å²) in [6.45, 7) is 1.81. The van der Waals surface area contributed by atoms with Gasteiger partial charge in [-0.2, -0.15) is 0 Å². The molecule has 106 valence electrons. The van der Waals surface area contributed by atoms with Crippen LogP contribution in [0.25, 0.3) is 0 Å². The lowest BCUT2D eigenvalue weighted by Gasteiger charge is -2.15. The molecule has 2 rings (SSSR count). The highest BCUT2D eigenvalue weighted by molar-refractivity contribution is 5.83. The van der Waals surface area contributed by atoms with Gasteiger partial charge in [-0.15, -0.1) is 0 Å². The molecule has 2 atom stereocenters. The van der Waals surface area contributed by atoms with Gasteiger partial charge >= 0.3 is 12.1 Å². The summed E-state index contributed by atoms with van der Waals surface area (Å²) in [5, 5.41) is 13.1. The quantitative estimate of drug-likeness (QED) is 0.506. The molecule has 8 nitrogen and oxygen atoms in total. The fourth-order valence-electron chi connectivity index (χ4n) is 1.89. The topological polar surface area (TPSA) is 108 Å². The zero-order chi connectivity index (χ0) is 14.7. The number of hydrogen-bond acceptors (Lipinski definition) is 6. The number of carbonyl (C=O) groups is 2. The zero-order valence-corrected chi connectivity index (χ0v) is 10.6. The summed E-state index contributed by atoms with van der Waals surface area (Å²) in [5.41, 5.74) is 0.450. The van der Waals surface area contributed by atoms with Crippen molar-refractivity contribution < 1.29 is 24.0 Å². The molecule has 1 N–H and O–H groups in total. The summed E-state index contributed by atoms with van der Waals surface area (Å²) in [4.78, 5) is 33.0. The van der Waals surface area contributed by atoms with Crippen molar-refractivity contribution >= 4 is 17.7 Å². The average molecular weight is 280 g/mol. The lowest BCUT2D eigenvalue weighted by Crippen LogP contribution is -2.30. The number of nitro groups is 1. The molecule has 2 unspecified atom stereocenters. The minimum atomic E-state index is -1.09. The number of esters is 1. The highest BCUT2D eigenvalue weighted by atomic mass is 16.6. The van der Waals surface area contributed by atoms with E-state index in [9.17, 15) is 19.7 Å². The Morgan fingerprint density at radius 3 is 2.65 bits per heavy atom. The van der Waals surface area contributed by atoms with Gasteiger partial charge in [-0.05, 0) is 24.6 Å². The maximum atomic E-state index is 11.7. The number of ether oxygens (including phenoxy) is 2. The molecule has 0 radical (unpaired) electrons. The second-order valence-electron chi connectivity index (χ2n) is 4.05. The summed E-state index contributed by atoms with van der Waals surface area (Å²) in [5.74, 6) is -0.658. The highest BCUT2D eigenvalue weighted by Crippen LogP contribution is 2.27. The SMILES string of the molecule is CCOC(=O)C1OC(=O)NC1c1ccc([N+](=O)[O-])cc1. The third-order valence-electron chi connectivity index (χ3n) is 2.79. The van der Waals surface area contributed by atoms with E-state index in [1.165, 1.54) is 24.3 Å². The van der Waals surface area contributed by atoms with Crippen LogP contribution in [-0.4, -0.2) is 29.7 Å². The fraction of sp³-hybridized carbons (Fsp3) is 0.333. The van der Waals surface area contributed by atoms with Crippen molar-refractivity contribution in [2.45, 2.75) is 19.1 Å². The van der Waals surface area contributed by atoms with E-state index in [1.807, 2.05) is 0 Å². The van der Waals surface area contributed by atoms with Crippen molar-refractivity contribution in [1.29, 1.82) is 0 Å². The molecule has 1 aromatic carbocycles. The first-order chi connectivity index (χ1) is 9.52. The molecule has 1 saturated heterocycles. The Kier molecular flexibility index (Phi) is 3.83. The van der Waals surface area contributed by atoms with E-state index in [0.29, 0.717) is 5.56 Å². The molecule has 1 aromatic rings. The number of rotatable bonds is 4. The van der Waals surface area contributed by atoms with Gasteiger partial charge in [-0.25, -0.2) is 9.59 Å². The number of nitrogens with one attached hydrogen (secondary N) is 1. The van der Waals surface area contributed by atoms with E-state index in [4.69, 9.17) is 9.47 Å². The van der Waals surface area contributed by atoms with Gasteiger partial charge in [0.05, 0.1) is 11.5 Å². The van der Waals surface area contributed by atoms with E-state index in [2.05, 4.69) is 5.32 Å². The molecule has 1 aliphatic rings. The number of amides is 1. The number of alkyl carbamates (subject to hydrolysis) is 1. The predicted molar refractivity (Wildman–Crippen MR) is 65.9 cm³/mol. The van der Waals surface area contributed by atoms with Crippen LogP contribution in [0.1, 0.15) is 18.5 Å². The predicted octanol–water partition coefficient (Wildman–Crippen LogP) is 1.31. The Morgan fingerprint density at radius 2 is 2.10 bits per heavy atom. The van der Waals surface area contributed by atoms with Crippen LogP contribution in [0.4, 0.5) is 10.5 Å². The third kappa shape index (κ3) is 2.68. The maximum absolute atomic E-state index is 11.7. The van der Waals surface area contributed by atoms with Crippen molar-refractivity contribution in [3.63, 3.8) is 0 Å². The second-order valence-corrected chi connectivity index (χ2v) is 4.05. The molecule has 0 aromatic heterocycles. The fourth-order valence-corrected chi connectivity index (χ4v) is 1.89. The van der Waals surface area contributed by atoms with Gasteiger partial charge in [-0.3, -0.25) is 10.1 Å². The third-order valence-corrected chi connectivity index (χ3v) is 2.79. The maximum Gasteiger partial charge on any atom is 0.408 e. The molecule has 0 aliphatic carbocycles. The molecule has 0 bridgehead atoms. The Labute approximate surface area is 113 Å². The molecular weight excluding hydrogens is 268 g/mol. The van der Waals surface area contributed by atoms with Gasteiger partial charge in [0.15, 0.2) is 0 Å².